The number of benzene rings is 1. The van der Waals surface area contributed by atoms with E-state index in [0.29, 0.717) is 45.6 Å². The average Bonchev–Trinajstić information content (AvgIpc) is 3.21. The lowest BCUT2D eigenvalue weighted by Crippen LogP contribution is -2.75. The van der Waals surface area contributed by atoms with Gasteiger partial charge in [0.2, 0.25) is 11.8 Å². The number of carbonyl (C=O) groups excluding carboxylic acids is 3. The number of rotatable bonds is 12. The van der Waals surface area contributed by atoms with Crippen molar-refractivity contribution in [1.29, 1.82) is 0 Å². The number of esters is 1. The molecule has 4 bridgehead atoms. The highest BCUT2D eigenvalue weighted by Gasteiger charge is 2.73. The highest BCUT2D eigenvalue weighted by atomic mass is 16.5. The second-order valence-electron chi connectivity index (χ2n) is 13.8. The van der Waals surface area contributed by atoms with Crippen LogP contribution in [0.15, 0.2) is 24.3 Å². The van der Waals surface area contributed by atoms with Crippen LogP contribution < -0.4 is 4.74 Å². The summed E-state index contributed by atoms with van der Waals surface area (Å²) >= 11 is 0. The Labute approximate surface area is 268 Å². The van der Waals surface area contributed by atoms with E-state index in [2.05, 4.69) is 0 Å². The minimum atomic E-state index is -0.868. The summed E-state index contributed by atoms with van der Waals surface area (Å²) in [5.74, 6) is 0.384. The standard InChI is InChI=1S/C36H54N2O7/c1-3-45-32(41)24-36-30-18-21-37-31(40)13-9-7-5-4-6-8-10-19-35(26-39,34(36)37)23-29(30)33(42)38(36)20-11-12-22-44-25-27-14-16-28(43-2)17-15-27/h14-17,29-30,34,39H,3-13,18-26H2,1-2H3. The Hall–Kier alpha value is -2.65. The summed E-state index contributed by atoms with van der Waals surface area (Å²) < 4.78 is 16.7. The molecular weight excluding hydrogens is 572 g/mol. The van der Waals surface area contributed by atoms with E-state index in [0.717, 1.165) is 69.1 Å². The molecule has 0 radical (unpaired) electrons. The van der Waals surface area contributed by atoms with Crippen LogP contribution in [0.3, 0.4) is 0 Å². The number of unbranched alkanes of at least 4 members (excludes halogenated alkanes) is 1. The Kier molecular flexibility index (Phi) is 11.5. The smallest absolute Gasteiger partial charge is 0.308 e. The second-order valence-corrected chi connectivity index (χ2v) is 13.8. The van der Waals surface area contributed by atoms with Gasteiger partial charge in [0.05, 0.1) is 44.9 Å². The van der Waals surface area contributed by atoms with E-state index in [1.807, 2.05) is 34.1 Å². The van der Waals surface area contributed by atoms with Crippen molar-refractivity contribution in [1.82, 2.24) is 9.80 Å². The third kappa shape index (κ3) is 6.90. The van der Waals surface area contributed by atoms with Crippen LogP contribution in [0.4, 0.5) is 0 Å². The van der Waals surface area contributed by atoms with Gasteiger partial charge in [-0.2, -0.15) is 0 Å². The van der Waals surface area contributed by atoms with Gasteiger partial charge in [-0.1, -0.05) is 50.7 Å². The van der Waals surface area contributed by atoms with Crippen molar-refractivity contribution < 1.29 is 33.7 Å². The van der Waals surface area contributed by atoms with Crippen LogP contribution in [0.1, 0.15) is 102 Å². The van der Waals surface area contributed by atoms with Crippen molar-refractivity contribution in [3.63, 3.8) is 0 Å². The number of hydrogen-bond donors (Lipinski definition) is 1. The molecule has 45 heavy (non-hydrogen) atoms. The molecule has 3 heterocycles. The molecule has 2 amide bonds. The number of piperidine rings is 1. The van der Waals surface area contributed by atoms with Gasteiger partial charge in [0.15, 0.2) is 0 Å². The largest absolute Gasteiger partial charge is 0.497 e. The number of carbonyl (C=O) groups is 3. The molecule has 1 aromatic rings. The van der Waals surface area contributed by atoms with Crippen LogP contribution in [0.25, 0.3) is 0 Å². The van der Waals surface area contributed by atoms with Crippen LogP contribution in [-0.4, -0.2) is 84.3 Å². The topological polar surface area (TPSA) is 106 Å². The Balaban J connectivity index is 1.40. The molecule has 3 saturated heterocycles. The number of hydrogen-bond acceptors (Lipinski definition) is 7. The number of aliphatic hydroxyl groups excluding tert-OH is 1. The number of amides is 2. The van der Waals surface area contributed by atoms with E-state index < -0.39 is 17.0 Å². The highest BCUT2D eigenvalue weighted by Crippen LogP contribution is 2.63. The Morgan fingerprint density at radius 1 is 1.02 bits per heavy atom. The van der Waals surface area contributed by atoms with Crippen LogP contribution >= 0.6 is 0 Å². The normalized spacial score (nSPS) is 30.3. The Bertz CT molecular complexity index is 1160. The summed E-state index contributed by atoms with van der Waals surface area (Å²) in [6.07, 6.45) is 11.4. The van der Waals surface area contributed by atoms with Gasteiger partial charge in [0, 0.05) is 37.5 Å². The first-order valence-electron chi connectivity index (χ1n) is 17.5. The van der Waals surface area contributed by atoms with Gasteiger partial charge in [-0.3, -0.25) is 14.4 Å². The third-order valence-corrected chi connectivity index (χ3v) is 11.2. The lowest BCUT2D eigenvalue weighted by molar-refractivity contribution is -0.180. The lowest BCUT2D eigenvalue weighted by atomic mass is 9.51. The van der Waals surface area contributed by atoms with E-state index >= 15 is 0 Å². The Morgan fingerprint density at radius 3 is 2.47 bits per heavy atom. The van der Waals surface area contributed by atoms with Gasteiger partial charge in [-0.05, 0) is 69.1 Å². The molecular formula is C36H54N2O7. The van der Waals surface area contributed by atoms with Crippen LogP contribution in [0.2, 0.25) is 0 Å². The first-order chi connectivity index (χ1) is 21.9. The molecule has 1 aromatic carbocycles. The molecule has 4 fully saturated rings. The molecule has 5 unspecified atom stereocenters. The molecule has 3 aliphatic heterocycles. The second kappa shape index (κ2) is 15.3. The molecule has 1 saturated carbocycles. The fourth-order valence-electron chi connectivity index (χ4n) is 9.23. The maximum atomic E-state index is 14.4. The number of nitrogens with zero attached hydrogens (tertiary/aromatic N) is 2. The van der Waals surface area contributed by atoms with Crippen molar-refractivity contribution in [2.75, 3.05) is 40.0 Å². The van der Waals surface area contributed by atoms with E-state index in [4.69, 9.17) is 14.2 Å². The van der Waals surface area contributed by atoms with Gasteiger partial charge in [-0.15, -0.1) is 0 Å². The molecule has 1 aliphatic carbocycles. The van der Waals surface area contributed by atoms with Crippen LogP contribution in [0.5, 0.6) is 5.75 Å². The van der Waals surface area contributed by atoms with Gasteiger partial charge < -0.3 is 29.1 Å². The summed E-state index contributed by atoms with van der Waals surface area (Å²) in [6.45, 7) is 4.12. The minimum Gasteiger partial charge on any atom is -0.497 e. The number of likely N-dealkylation sites (tertiary alicyclic amines) is 1. The molecule has 5 rings (SSSR count). The van der Waals surface area contributed by atoms with Crippen molar-refractivity contribution in [2.45, 2.75) is 115 Å². The van der Waals surface area contributed by atoms with Crippen molar-refractivity contribution in [2.24, 2.45) is 17.3 Å². The summed E-state index contributed by atoms with van der Waals surface area (Å²) in [5, 5.41) is 11.2. The number of ether oxygens (including phenoxy) is 3. The van der Waals surface area contributed by atoms with Crippen molar-refractivity contribution in [3.8, 4) is 5.75 Å². The number of aliphatic hydroxyl groups is 1. The molecule has 9 nitrogen and oxygen atoms in total. The average molecular weight is 627 g/mol. The first-order valence-corrected chi connectivity index (χ1v) is 17.5. The molecule has 1 N–H and O–H groups in total. The summed E-state index contributed by atoms with van der Waals surface area (Å²) in [5.41, 5.74) is -0.419. The molecule has 0 aromatic heterocycles. The van der Waals surface area contributed by atoms with Gasteiger partial charge >= 0.3 is 5.97 Å². The van der Waals surface area contributed by atoms with Gasteiger partial charge in [-0.25, -0.2) is 0 Å². The van der Waals surface area contributed by atoms with E-state index in [1.165, 1.54) is 6.42 Å². The summed E-state index contributed by atoms with van der Waals surface area (Å²) in [4.78, 5) is 45.8. The fourth-order valence-corrected chi connectivity index (χ4v) is 9.23. The molecule has 5 atom stereocenters. The predicted octanol–water partition coefficient (Wildman–Crippen LogP) is 5.27. The van der Waals surface area contributed by atoms with Crippen molar-refractivity contribution >= 4 is 17.8 Å². The SMILES string of the molecule is CCOC(=O)CC12C3CCN4C(=O)CCCCCCCCCC(CO)(CC3C(=O)N1CCCCOCc1ccc(OC)cc1)C42. The zero-order valence-electron chi connectivity index (χ0n) is 27.5. The van der Waals surface area contributed by atoms with Crippen LogP contribution in [-0.2, 0) is 30.5 Å². The summed E-state index contributed by atoms with van der Waals surface area (Å²) in [6, 6.07) is 7.42. The minimum absolute atomic E-state index is 0.0369. The first kappa shape index (κ1) is 33.7. The van der Waals surface area contributed by atoms with E-state index in [1.54, 1.807) is 14.0 Å². The quantitative estimate of drug-likeness (QED) is 0.249. The lowest BCUT2D eigenvalue weighted by Gasteiger charge is -2.63. The highest BCUT2D eigenvalue weighted by molar-refractivity contribution is 5.87. The molecule has 4 aliphatic rings. The predicted molar refractivity (Wildman–Crippen MR) is 170 cm³/mol. The fraction of sp³-hybridized carbons (Fsp3) is 0.750. The molecule has 0 spiro atoms. The summed E-state index contributed by atoms with van der Waals surface area (Å²) in [7, 11) is 1.65. The third-order valence-electron chi connectivity index (χ3n) is 11.2. The molecule has 9 heteroatoms. The van der Waals surface area contributed by atoms with E-state index in [-0.39, 0.29) is 49.3 Å². The zero-order chi connectivity index (χ0) is 31.9. The Morgan fingerprint density at radius 2 is 1.76 bits per heavy atom. The van der Waals surface area contributed by atoms with Gasteiger partial charge in [0.25, 0.3) is 0 Å². The van der Waals surface area contributed by atoms with Crippen LogP contribution in [0, 0.1) is 17.3 Å². The maximum absolute atomic E-state index is 14.4. The molecule has 250 valence electrons. The van der Waals surface area contributed by atoms with Gasteiger partial charge in [0.1, 0.15) is 5.75 Å². The van der Waals surface area contributed by atoms with E-state index in [9.17, 15) is 19.5 Å². The maximum Gasteiger partial charge on any atom is 0.308 e. The van der Waals surface area contributed by atoms with Crippen molar-refractivity contribution in [3.05, 3.63) is 29.8 Å². The monoisotopic (exact) mass is 626 g/mol. The zero-order valence-corrected chi connectivity index (χ0v) is 27.5. The number of methoxy groups -OCH3 is 1.